The van der Waals surface area contributed by atoms with Crippen LogP contribution < -0.4 is 16.6 Å². The summed E-state index contributed by atoms with van der Waals surface area (Å²) in [5.74, 6) is 5.83. The molecule has 1 fully saturated rings. The largest absolute Gasteiger partial charge is 0.379 e. The lowest BCUT2D eigenvalue weighted by Gasteiger charge is -2.34. The van der Waals surface area contributed by atoms with E-state index in [-0.39, 0.29) is 11.4 Å². The summed E-state index contributed by atoms with van der Waals surface area (Å²) in [6.45, 7) is 5.40. The molecule has 1 aromatic heterocycles. The third-order valence-corrected chi connectivity index (χ3v) is 3.65. The Hall–Kier alpha value is -1.66. The van der Waals surface area contributed by atoms with Gasteiger partial charge in [-0.3, -0.25) is 4.79 Å². The van der Waals surface area contributed by atoms with Gasteiger partial charge < -0.3 is 15.5 Å². The van der Waals surface area contributed by atoms with E-state index in [9.17, 15) is 4.79 Å². The fraction of sp³-hybridized carbons (Fsp3) is 0.600. The molecule has 1 aliphatic heterocycles. The van der Waals surface area contributed by atoms with E-state index in [0.29, 0.717) is 18.0 Å². The molecule has 0 bridgehead atoms. The van der Waals surface area contributed by atoms with E-state index in [2.05, 4.69) is 22.7 Å². The number of nitrogens with one attached hydrogen (secondary N) is 2. The first kappa shape index (κ1) is 15.7. The van der Waals surface area contributed by atoms with Crippen molar-refractivity contribution in [1.82, 2.24) is 10.3 Å². The van der Waals surface area contributed by atoms with Crippen LogP contribution in [0.25, 0.3) is 0 Å². The summed E-state index contributed by atoms with van der Waals surface area (Å²) in [7, 11) is 0. The van der Waals surface area contributed by atoms with Crippen molar-refractivity contribution in [3.8, 4) is 0 Å². The molecule has 0 saturated carbocycles. The van der Waals surface area contributed by atoms with Crippen molar-refractivity contribution in [1.29, 1.82) is 0 Å². The van der Waals surface area contributed by atoms with E-state index < -0.39 is 0 Å². The highest BCUT2D eigenvalue weighted by Gasteiger charge is 2.29. The average molecular weight is 292 g/mol. The first-order valence-corrected chi connectivity index (χ1v) is 7.44. The first-order valence-electron chi connectivity index (χ1n) is 7.44. The van der Waals surface area contributed by atoms with Gasteiger partial charge in [-0.05, 0) is 38.3 Å². The lowest BCUT2D eigenvalue weighted by Crippen LogP contribution is -2.51. The zero-order valence-electron chi connectivity index (χ0n) is 12.7. The Balaban J connectivity index is 2.15. The molecular weight excluding hydrogens is 268 g/mol. The lowest BCUT2D eigenvalue weighted by atomic mass is 9.94. The second-order valence-electron chi connectivity index (χ2n) is 5.80. The van der Waals surface area contributed by atoms with Gasteiger partial charge in [0.15, 0.2) is 0 Å². The maximum atomic E-state index is 12.5. The van der Waals surface area contributed by atoms with Crippen LogP contribution in [0.5, 0.6) is 0 Å². The topological polar surface area (TPSA) is 89.3 Å². The molecule has 1 unspecified atom stereocenters. The van der Waals surface area contributed by atoms with E-state index in [4.69, 9.17) is 10.6 Å². The SMILES string of the molecule is CCCc1cc(C(=O)NC2(C)CCCOC2)cc(NN)n1. The molecule has 2 heterocycles. The number of carbonyl (C=O) groups excluding carboxylic acids is 1. The maximum absolute atomic E-state index is 12.5. The summed E-state index contributed by atoms with van der Waals surface area (Å²) in [4.78, 5) is 16.8. The molecule has 6 nitrogen and oxygen atoms in total. The number of nitrogen functional groups attached to an aromatic ring is 1. The number of carbonyl (C=O) groups is 1. The van der Waals surface area contributed by atoms with Crippen molar-refractivity contribution >= 4 is 11.7 Å². The molecule has 2 rings (SSSR count). The molecule has 1 aliphatic rings. The third-order valence-electron chi connectivity index (χ3n) is 3.65. The number of pyridine rings is 1. The minimum atomic E-state index is -0.306. The van der Waals surface area contributed by atoms with Crippen LogP contribution in [0, 0.1) is 0 Å². The summed E-state index contributed by atoms with van der Waals surface area (Å²) in [6, 6.07) is 3.49. The molecule has 1 atom stereocenters. The zero-order valence-corrected chi connectivity index (χ0v) is 12.7. The molecule has 116 valence electrons. The summed E-state index contributed by atoms with van der Waals surface area (Å²) in [5.41, 5.74) is 3.65. The average Bonchev–Trinajstić information content (AvgIpc) is 2.47. The molecule has 4 N–H and O–H groups in total. The van der Waals surface area contributed by atoms with Crippen LogP contribution in [0.1, 0.15) is 49.2 Å². The third kappa shape index (κ3) is 4.15. The van der Waals surface area contributed by atoms with Gasteiger partial charge >= 0.3 is 0 Å². The number of nitrogens with two attached hydrogens (primary N) is 1. The number of anilines is 1. The standard InChI is InChI=1S/C15H24N4O2/c1-3-5-12-8-11(9-13(17-12)19-16)14(20)18-15(2)6-4-7-21-10-15/h8-9H,3-7,10,16H2,1-2H3,(H,17,19)(H,18,20). The van der Waals surface area contributed by atoms with Crippen LogP contribution in [-0.2, 0) is 11.2 Å². The van der Waals surface area contributed by atoms with Crippen LogP contribution in [-0.4, -0.2) is 29.6 Å². The van der Waals surface area contributed by atoms with Gasteiger partial charge in [0.2, 0.25) is 0 Å². The number of ether oxygens (including phenoxy) is 1. The number of rotatable bonds is 5. The molecule has 0 radical (unpaired) electrons. The predicted octanol–water partition coefficient (Wildman–Crippen LogP) is 1.62. The van der Waals surface area contributed by atoms with Gasteiger partial charge in [0.1, 0.15) is 5.82 Å². The minimum Gasteiger partial charge on any atom is -0.379 e. The summed E-state index contributed by atoms with van der Waals surface area (Å²) >= 11 is 0. The molecule has 6 heteroatoms. The van der Waals surface area contributed by atoms with Crippen molar-refractivity contribution in [2.75, 3.05) is 18.6 Å². The highest BCUT2D eigenvalue weighted by atomic mass is 16.5. The van der Waals surface area contributed by atoms with Crippen LogP contribution in [0.15, 0.2) is 12.1 Å². The van der Waals surface area contributed by atoms with Crippen LogP contribution in [0.4, 0.5) is 5.82 Å². The van der Waals surface area contributed by atoms with Crippen molar-refractivity contribution in [3.63, 3.8) is 0 Å². The van der Waals surface area contributed by atoms with Crippen LogP contribution >= 0.6 is 0 Å². The number of nitrogens with zero attached hydrogens (tertiary/aromatic N) is 1. The molecular formula is C15H24N4O2. The maximum Gasteiger partial charge on any atom is 0.251 e. The number of hydrazine groups is 1. The number of hydrogen-bond acceptors (Lipinski definition) is 5. The van der Waals surface area contributed by atoms with E-state index in [1.54, 1.807) is 6.07 Å². The van der Waals surface area contributed by atoms with E-state index in [1.807, 2.05) is 13.0 Å². The highest BCUT2D eigenvalue weighted by Crippen LogP contribution is 2.20. The first-order chi connectivity index (χ1) is 10.1. The Morgan fingerprint density at radius 3 is 2.95 bits per heavy atom. The Bertz CT molecular complexity index is 498. The fourth-order valence-corrected chi connectivity index (χ4v) is 2.56. The highest BCUT2D eigenvalue weighted by molar-refractivity contribution is 5.95. The number of amides is 1. The number of aryl methyl sites for hydroxylation is 1. The fourth-order valence-electron chi connectivity index (χ4n) is 2.56. The molecule has 0 spiro atoms. The molecule has 1 amide bonds. The van der Waals surface area contributed by atoms with Crippen molar-refractivity contribution in [2.24, 2.45) is 5.84 Å². The van der Waals surface area contributed by atoms with Gasteiger partial charge in [-0.15, -0.1) is 0 Å². The van der Waals surface area contributed by atoms with E-state index >= 15 is 0 Å². The van der Waals surface area contributed by atoms with Crippen LogP contribution in [0.3, 0.4) is 0 Å². The molecule has 1 aromatic rings. The Labute approximate surface area is 125 Å². The van der Waals surface area contributed by atoms with Crippen molar-refractivity contribution in [2.45, 2.75) is 45.1 Å². The normalized spacial score (nSPS) is 21.9. The molecule has 0 aromatic carbocycles. The van der Waals surface area contributed by atoms with Crippen molar-refractivity contribution in [3.05, 3.63) is 23.4 Å². The van der Waals surface area contributed by atoms with Gasteiger partial charge in [0.25, 0.3) is 5.91 Å². The predicted molar refractivity (Wildman–Crippen MR) is 82.0 cm³/mol. The minimum absolute atomic E-state index is 0.112. The van der Waals surface area contributed by atoms with E-state index in [0.717, 1.165) is 38.0 Å². The Morgan fingerprint density at radius 1 is 1.52 bits per heavy atom. The summed E-state index contributed by atoms with van der Waals surface area (Å²) in [6.07, 6.45) is 3.67. The van der Waals surface area contributed by atoms with Gasteiger partial charge in [0.05, 0.1) is 12.1 Å². The number of aromatic nitrogens is 1. The van der Waals surface area contributed by atoms with Gasteiger partial charge in [-0.2, -0.15) is 0 Å². The van der Waals surface area contributed by atoms with Gasteiger partial charge in [-0.1, -0.05) is 13.3 Å². The monoisotopic (exact) mass is 292 g/mol. The molecule has 21 heavy (non-hydrogen) atoms. The second kappa shape index (κ2) is 6.87. The molecule has 1 saturated heterocycles. The lowest BCUT2D eigenvalue weighted by molar-refractivity contribution is 0.0272. The van der Waals surface area contributed by atoms with Gasteiger partial charge in [0, 0.05) is 17.9 Å². The van der Waals surface area contributed by atoms with Crippen molar-refractivity contribution < 1.29 is 9.53 Å². The quantitative estimate of drug-likeness (QED) is 0.567. The molecule has 0 aliphatic carbocycles. The Kier molecular flexibility index (Phi) is 5.14. The second-order valence-corrected chi connectivity index (χ2v) is 5.80. The smallest absolute Gasteiger partial charge is 0.251 e. The van der Waals surface area contributed by atoms with Crippen LogP contribution in [0.2, 0.25) is 0 Å². The number of hydrogen-bond donors (Lipinski definition) is 3. The summed E-state index contributed by atoms with van der Waals surface area (Å²) < 4.78 is 5.47. The Morgan fingerprint density at radius 2 is 2.33 bits per heavy atom. The summed E-state index contributed by atoms with van der Waals surface area (Å²) in [5, 5.41) is 3.07. The zero-order chi connectivity index (χ0) is 15.3. The van der Waals surface area contributed by atoms with E-state index in [1.165, 1.54) is 0 Å². The van der Waals surface area contributed by atoms with Gasteiger partial charge in [-0.25, -0.2) is 10.8 Å².